The van der Waals surface area contributed by atoms with Crippen molar-refractivity contribution in [1.82, 2.24) is 0 Å². The summed E-state index contributed by atoms with van der Waals surface area (Å²) >= 11 is 0. The minimum Gasteiger partial charge on any atom is -0.507 e. The third kappa shape index (κ3) is 2.41. The summed E-state index contributed by atoms with van der Waals surface area (Å²) < 4.78 is 5.27. The van der Waals surface area contributed by atoms with Crippen molar-refractivity contribution in [3.8, 4) is 17.2 Å². The van der Waals surface area contributed by atoms with Gasteiger partial charge in [-0.15, -0.1) is 0 Å². The van der Waals surface area contributed by atoms with Crippen LogP contribution in [-0.4, -0.2) is 33.5 Å². The summed E-state index contributed by atoms with van der Waals surface area (Å²) in [6.45, 7) is 3.86. The van der Waals surface area contributed by atoms with E-state index in [1.54, 1.807) is 6.92 Å². The number of hydrogen-bond acceptors (Lipinski definition) is 6. The molecule has 6 nitrogen and oxygen atoms in total. The van der Waals surface area contributed by atoms with Crippen LogP contribution in [-0.2, 0) is 11.2 Å². The Bertz CT molecular complexity index is 672. The maximum atomic E-state index is 12.4. The van der Waals surface area contributed by atoms with E-state index in [0.717, 1.165) is 12.5 Å². The lowest BCUT2D eigenvalue weighted by atomic mass is 9.88. The van der Waals surface area contributed by atoms with Crippen molar-refractivity contribution in [2.75, 3.05) is 6.61 Å². The van der Waals surface area contributed by atoms with E-state index < -0.39 is 34.4 Å². The first-order chi connectivity index (χ1) is 10.4. The molecule has 0 bridgehead atoms. The number of carbonyl (C=O) groups excluding carboxylic acids is 2. The number of unbranched alkanes of at least 4 members (excludes halogenated alkanes) is 1. The van der Waals surface area contributed by atoms with E-state index in [0.29, 0.717) is 6.42 Å². The van der Waals surface area contributed by atoms with Gasteiger partial charge in [-0.25, -0.2) is 0 Å². The Hall–Kier alpha value is -2.50. The summed E-state index contributed by atoms with van der Waals surface area (Å²) in [6, 6.07) is 0. The highest BCUT2D eigenvalue weighted by molar-refractivity contribution is 6.26. The van der Waals surface area contributed by atoms with Gasteiger partial charge in [0.25, 0.3) is 0 Å². The number of phenolic OH excluding ortho intramolecular Hbond substituents is 3. The van der Waals surface area contributed by atoms with Crippen LogP contribution in [0.1, 0.15) is 53.0 Å². The van der Waals surface area contributed by atoms with Crippen LogP contribution in [0.4, 0.5) is 0 Å². The largest absolute Gasteiger partial charge is 0.507 e. The topological polar surface area (TPSA) is 104 Å². The molecule has 0 saturated heterocycles. The van der Waals surface area contributed by atoms with Crippen LogP contribution in [0.15, 0.2) is 11.8 Å². The van der Waals surface area contributed by atoms with E-state index in [9.17, 15) is 24.9 Å². The summed E-state index contributed by atoms with van der Waals surface area (Å²) in [6.07, 6.45) is 2.78. The number of ether oxygens (including phenoxy) is 1. The SMILES string of the molecule is CCCCOC1=CC(=O)c2c(O)c(CC)c(O)c(O)c2C1=O. The van der Waals surface area contributed by atoms with E-state index in [4.69, 9.17) is 4.74 Å². The van der Waals surface area contributed by atoms with Gasteiger partial charge < -0.3 is 20.1 Å². The zero-order valence-electron chi connectivity index (χ0n) is 12.5. The first-order valence-corrected chi connectivity index (χ1v) is 7.17. The maximum absolute atomic E-state index is 12.4. The Kier molecular flexibility index (Phi) is 4.40. The molecule has 0 aromatic heterocycles. The lowest BCUT2D eigenvalue weighted by Gasteiger charge is -2.20. The van der Waals surface area contributed by atoms with Crippen molar-refractivity contribution in [3.05, 3.63) is 28.5 Å². The van der Waals surface area contributed by atoms with Crippen molar-refractivity contribution in [2.45, 2.75) is 33.1 Å². The third-order valence-electron chi connectivity index (χ3n) is 3.59. The summed E-state index contributed by atoms with van der Waals surface area (Å²) in [7, 11) is 0. The average molecular weight is 306 g/mol. The molecule has 2 rings (SSSR count). The molecule has 3 N–H and O–H groups in total. The second-order valence-corrected chi connectivity index (χ2v) is 5.03. The quantitative estimate of drug-likeness (QED) is 0.438. The molecule has 0 aliphatic heterocycles. The molecule has 1 aliphatic carbocycles. The molecule has 6 heteroatoms. The molecule has 22 heavy (non-hydrogen) atoms. The number of allylic oxidation sites excluding steroid dienone is 2. The maximum Gasteiger partial charge on any atom is 0.232 e. The van der Waals surface area contributed by atoms with Crippen molar-refractivity contribution in [3.63, 3.8) is 0 Å². The van der Waals surface area contributed by atoms with E-state index in [-0.39, 0.29) is 29.9 Å². The molecule has 0 radical (unpaired) electrons. The Morgan fingerprint density at radius 3 is 2.27 bits per heavy atom. The van der Waals surface area contributed by atoms with Gasteiger partial charge in [0, 0.05) is 11.6 Å². The average Bonchev–Trinajstić information content (AvgIpc) is 2.48. The third-order valence-corrected chi connectivity index (χ3v) is 3.59. The number of hydrogen-bond donors (Lipinski definition) is 3. The predicted molar refractivity (Wildman–Crippen MR) is 78.4 cm³/mol. The van der Waals surface area contributed by atoms with Crippen molar-refractivity contribution < 1.29 is 29.6 Å². The lowest BCUT2D eigenvalue weighted by Crippen LogP contribution is -2.20. The Morgan fingerprint density at radius 2 is 1.68 bits per heavy atom. The second kappa shape index (κ2) is 6.09. The number of phenols is 3. The minimum absolute atomic E-state index is 0.0288. The molecule has 0 unspecified atom stereocenters. The number of rotatable bonds is 5. The molecule has 118 valence electrons. The molecular formula is C16H18O6. The summed E-state index contributed by atoms with van der Waals surface area (Å²) in [5.41, 5.74) is -0.674. The van der Waals surface area contributed by atoms with Crippen LogP contribution in [0.25, 0.3) is 0 Å². The summed E-state index contributed by atoms with van der Waals surface area (Å²) in [5, 5.41) is 30.1. The fraction of sp³-hybridized carbons (Fsp3) is 0.375. The summed E-state index contributed by atoms with van der Waals surface area (Å²) in [4.78, 5) is 24.5. The van der Waals surface area contributed by atoms with Crippen molar-refractivity contribution in [2.24, 2.45) is 0 Å². The molecule has 0 amide bonds. The van der Waals surface area contributed by atoms with Gasteiger partial charge in [0.15, 0.2) is 23.0 Å². The highest BCUT2D eigenvalue weighted by Crippen LogP contribution is 2.45. The molecular weight excluding hydrogens is 288 g/mol. The lowest BCUT2D eigenvalue weighted by molar-refractivity contribution is 0.0875. The molecule has 0 spiro atoms. The standard InChI is InChI=1S/C16H18O6/c1-3-5-6-22-10-7-9(17)11-12(15(10)20)16(21)14(19)8(4-2)13(11)18/h7,18-19,21H,3-6H2,1-2H3. The first-order valence-electron chi connectivity index (χ1n) is 7.17. The number of benzene rings is 1. The van der Waals surface area contributed by atoms with Crippen LogP contribution in [0.5, 0.6) is 17.2 Å². The van der Waals surface area contributed by atoms with Gasteiger partial charge in [0.1, 0.15) is 5.75 Å². The van der Waals surface area contributed by atoms with Gasteiger partial charge in [-0.05, 0) is 12.8 Å². The molecule has 0 fully saturated rings. The molecule has 1 aromatic rings. The number of Topliss-reactive ketones (excluding diaryl/α,β-unsaturated/α-hetero) is 1. The smallest absolute Gasteiger partial charge is 0.232 e. The second-order valence-electron chi connectivity index (χ2n) is 5.03. The van der Waals surface area contributed by atoms with Crippen LogP contribution < -0.4 is 0 Å². The zero-order chi connectivity index (χ0) is 16.4. The van der Waals surface area contributed by atoms with Crippen LogP contribution in [0, 0.1) is 0 Å². The van der Waals surface area contributed by atoms with E-state index >= 15 is 0 Å². The van der Waals surface area contributed by atoms with Crippen LogP contribution in [0.2, 0.25) is 0 Å². The number of ketones is 2. The Balaban J connectivity index is 2.54. The number of carbonyl (C=O) groups is 2. The molecule has 1 aromatic carbocycles. The van der Waals surface area contributed by atoms with Crippen molar-refractivity contribution in [1.29, 1.82) is 0 Å². The Labute approximate surface area is 127 Å². The van der Waals surface area contributed by atoms with Crippen LogP contribution in [0.3, 0.4) is 0 Å². The molecule has 0 saturated carbocycles. The van der Waals surface area contributed by atoms with Gasteiger partial charge in [-0.2, -0.15) is 0 Å². The highest BCUT2D eigenvalue weighted by Gasteiger charge is 2.35. The predicted octanol–water partition coefficient (Wildman–Crippen LogP) is 2.45. The van der Waals surface area contributed by atoms with Crippen molar-refractivity contribution >= 4 is 11.6 Å². The zero-order valence-corrected chi connectivity index (χ0v) is 12.5. The van der Waals surface area contributed by atoms with E-state index in [1.807, 2.05) is 6.92 Å². The fourth-order valence-corrected chi connectivity index (χ4v) is 2.37. The normalized spacial score (nSPS) is 13.8. The van der Waals surface area contributed by atoms with Gasteiger partial charge >= 0.3 is 0 Å². The van der Waals surface area contributed by atoms with Gasteiger partial charge in [-0.1, -0.05) is 20.3 Å². The number of aromatic hydroxyl groups is 3. The fourth-order valence-electron chi connectivity index (χ4n) is 2.37. The van der Waals surface area contributed by atoms with E-state index in [1.165, 1.54) is 0 Å². The number of fused-ring (bicyclic) bond motifs is 1. The van der Waals surface area contributed by atoms with Gasteiger partial charge in [-0.3, -0.25) is 9.59 Å². The Morgan fingerprint density at radius 1 is 1.00 bits per heavy atom. The molecule has 0 atom stereocenters. The van der Waals surface area contributed by atoms with E-state index in [2.05, 4.69) is 0 Å². The highest BCUT2D eigenvalue weighted by atomic mass is 16.5. The molecule has 0 heterocycles. The van der Waals surface area contributed by atoms with Crippen LogP contribution >= 0.6 is 0 Å². The molecule has 1 aliphatic rings. The van der Waals surface area contributed by atoms with Gasteiger partial charge in [0.05, 0.1) is 17.7 Å². The monoisotopic (exact) mass is 306 g/mol. The minimum atomic E-state index is -0.726. The summed E-state index contributed by atoms with van der Waals surface area (Å²) in [5.74, 6) is -3.32. The first kappa shape index (κ1) is 15.9. The van der Waals surface area contributed by atoms with Gasteiger partial charge in [0.2, 0.25) is 5.78 Å².